The lowest BCUT2D eigenvalue weighted by molar-refractivity contribution is -0.136. The van der Waals surface area contributed by atoms with Gasteiger partial charge in [-0.25, -0.2) is 9.79 Å². The highest BCUT2D eigenvalue weighted by Crippen LogP contribution is 2.31. The Hall–Kier alpha value is -3.32. The zero-order valence-electron chi connectivity index (χ0n) is 17.8. The number of aromatic nitrogens is 2. The van der Waals surface area contributed by atoms with E-state index in [-0.39, 0.29) is 5.56 Å². The van der Waals surface area contributed by atoms with Gasteiger partial charge in [0, 0.05) is 12.4 Å². The maximum Gasteiger partial charge on any atom is 0.338 e. The standard InChI is InChI=1S/C24H23N3O3S/c1-14(2)17-7-9-18(10-8-17)21-20(23(29)30-4)15(3)26-24-27(21)22(28)19(31-24)12-16-6-5-11-25-13-16/h5-14,21H,1-4H3/b19-12+/t21-/m0/s1. The van der Waals surface area contributed by atoms with Crippen LogP contribution in [0.25, 0.3) is 6.08 Å². The topological polar surface area (TPSA) is 73.6 Å². The van der Waals surface area contributed by atoms with Crippen LogP contribution in [0.5, 0.6) is 0 Å². The third-order valence-corrected chi connectivity index (χ3v) is 6.31. The van der Waals surface area contributed by atoms with Crippen LogP contribution in [-0.4, -0.2) is 22.6 Å². The van der Waals surface area contributed by atoms with E-state index >= 15 is 0 Å². The first-order valence-electron chi connectivity index (χ1n) is 10.0. The van der Waals surface area contributed by atoms with E-state index in [1.165, 1.54) is 24.0 Å². The quantitative estimate of drug-likeness (QED) is 0.593. The van der Waals surface area contributed by atoms with Crippen molar-refractivity contribution in [2.45, 2.75) is 32.7 Å². The zero-order chi connectivity index (χ0) is 22.1. The molecular weight excluding hydrogens is 410 g/mol. The Kier molecular flexibility index (Phi) is 5.69. The van der Waals surface area contributed by atoms with Crippen LogP contribution in [0.4, 0.5) is 0 Å². The second-order valence-electron chi connectivity index (χ2n) is 7.68. The Balaban J connectivity index is 1.95. The van der Waals surface area contributed by atoms with Crippen LogP contribution in [0.15, 0.2) is 69.8 Å². The molecule has 0 spiro atoms. The van der Waals surface area contributed by atoms with Crippen LogP contribution in [0, 0.1) is 0 Å². The van der Waals surface area contributed by atoms with Gasteiger partial charge in [-0.2, -0.15) is 0 Å². The molecule has 0 radical (unpaired) electrons. The molecule has 0 amide bonds. The average Bonchev–Trinajstić information content (AvgIpc) is 3.07. The normalized spacial score (nSPS) is 16.3. The van der Waals surface area contributed by atoms with Crippen LogP contribution in [0.2, 0.25) is 0 Å². The number of methoxy groups -OCH3 is 1. The molecule has 0 unspecified atom stereocenters. The molecule has 2 aromatic heterocycles. The molecule has 0 fully saturated rings. The van der Waals surface area contributed by atoms with Crippen LogP contribution >= 0.6 is 11.3 Å². The summed E-state index contributed by atoms with van der Waals surface area (Å²) in [5.74, 6) is -0.103. The minimum Gasteiger partial charge on any atom is -0.466 e. The van der Waals surface area contributed by atoms with Crippen molar-refractivity contribution in [1.82, 2.24) is 9.55 Å². The Morgan fingerprint density at radius 1 is 1.23 bits per heavy atom. The number of rotatable bonds is 4. The van der Waals surface area contributed by atoms with Crippen LogP contribution < -0.4 is 14.9 Å². The molecule has 158 valence electrons. The highest BCUT2D eigenvalue weighted by atomic mass is 32.1. The average molecular weight is 434 g/mol. The molecule has 6 nitrogen and oxygen atoms in total. The number of carbonyl (C=O) groups excluding carboxylic acids is 1. The fraction of sp³-hybridized carbons (Fsp3) is 0.250. The Morgan fingerprint density at radius 2 is 1.97 bits per heavy atom. The Morgan fingerprint density at radius 3 is 2.58 bits per heavy atom. The SMILES string of the molecule is COC(=O)C1=C(C)N=c2s/c(=C/c3cccnc3)c(=O)n2[C@H]1c1ccc(C(C)C)cc1. The molecule has 0 saturated carbocycles. The van der Waals surface area contributed by atoms with Gasteiger partial charge in [0.1, 0.15) is 0 Å². The molecule has 0 N–H and O–H groups in total. The smallest absolute Gasteiger partial charge is 0.338 e. The third-order valence-electron chi connectivity index (χ3n) is 5.33. The minimum absolute atomic E-state index is 0.195. The Labute approximate surface area is 183 Å². The van der Waals surface area contributed by atoms with E-state index in [0.717, 1.165) is 11.1 Å². The molecule has 4 rings (SSSR count). The first-order chi connectivity index (χ1) is 14.9. The number of nitrogens with zero attached hydrogens (tertiary/aromatic N) is 3. The third kappa shape index (κ3) is 3.88. The van der Waals surface area contributed by atoms with Gasteiger partial charge in [0.25, 0.3) is 5.56 Å². The van der Waals surface area contributed by atoms with Crippen molar-refractivity contribution >= 4 is 23.4 Å². The molecule has 1 aliphatic heterocycles. The summed E-state index contributed by atoms with van der Waals surface area (Å²) in [6.07, 6.45) is 5.18. The molecule has 0 bridgehead atoms. The summed E-state index contributed by atoms with van der Waals surface area (Å²) >= 11 is 1.30. The number of carbonyl (C=O) groups is 1. The maximum atomic E-state index is 13.4. The number of hydrogen-bond donors (Lipinski definition) is 0. The fourth-order valence-electron chi connectivity index (χ4n) is 3.68. The lowest BCUT2D eigenvalue weighted by Gasteiger charge is -2.24. The second kappa shape index (κ2) is 8.43. The number of pyridine rings is 1. The number of benzene rings is 1. The van der Waals surface area contributed by atoms with Crippen LogP contribution in [0.3, 0.4) is 0 Å². The molecule has 0 saturated heterocycles. The highest BCUT2D eigenvalue weighted by molar-refractivity contribution is 7.07. The molecule has 0 aliphatic carbocycles. The van der Waals surface area contributed by atoms with Gasteiger partial charge in [-0.15, -0.1) is 0 Å². The Bertz CT molecular complexity index is 1330. The van der Waals surface area contributed by atoms with Crippen molar-refractivity contribution < 1.29 is 9.53 Å². The van der Waals surface area contributed by atoms with Gasteiger partial charge < -0.3 is 4.74 Å². The first-order valence-corrected chi connectivity index (χ1v) is 10.8. The van der Waals surface area contributed by atoms with Crippen LogP contribution in [-0.2, 0) is 9.53 Å². The zero-order valence-corrected chi connectivity index (χ0v) is 18.6. The van der Waals surface area contributed by atoms with Crippen LogP contribution in [0.1, 0.15) is 49.4 Å². The highest BCUT2D eigenvalue weighted by Gasteiger charge is 2.33. The van der Waals surface area contributed by atoms with Crippen molar-refractivity contribution in [2.24, 2.45) is 4.99 Å². The van der Waals surface area contributed by atoms with Gasteiger partial charge in [0.2, 0.25) is 0 Å². The number of esters is 1. The molecule has 3 heterocycles. The molecular formula is C24H23N3O3S. The number of allylic oxidation sites excluding steroid dienone is 1. The van der Waals surface area contributed by atoms with E-state index in [2.05, 4.69) is 23.8 Å². The summed E-state index contributed by atoms with van der Waals surface area (Å²) in [6, 6.07) is 11.1. The largest absolute Gasteiger partial charge is 0.466 e. The van der Waals surface area contributed by atoms with Crippen molar-refractivity contribution in [1.29, 1.82) is 0 Å². The molecule has 7 heteroatoms. The van der Waals surface area contributed by atoms with Crippen molar-refractivity contribution in [3.63, 3.8) is 0 Å². The lowest BCUT2D eigenvalue weighted by atomic mass is 9.93. The number of thiazole rings is 1. The van der Waals surface area contributed by atoms with Crippen molar-refractivity contribution in [2.75, 3.05) is 7.11 Å². The van der Waals surface area contributed by atoms with E-state index < -0.39 is 12.0 Å². The molecule has 31 heavy (non-hydrogen) atoms. The minimum atomic E-state index is -0.596. The molecule has 1 aliphatic rings. The number of fused-ring (bicyclic) bond motifs is 1. The molecule has 1 aromatic carbocycles. The predicted molar refractivity (Wildman–Crippen MR) is 121 cm³/mol. The molecule has 1 atom stereocenters. The predicted octanol–water partition coefficient (Wildman–Crippen LogP) is 2.93. The first kappa shape index (κ1) is 20.9. The van der Waals surface area contributed by atoms with E-state index in [1.54, 1.807) is 30.0 Å². The van der Waals surface area contributed by atoms with Gasteiger partial charge in [0.05, 0.1) is 29.0 Å². The second-order valence-corrected chi connectivity index (χ2v) is 8.69. The number of hydrogen-bond acceptors (Lipinski definition) is 6. The summed E-state index contributed by atoms with van der Waals surface area (Å²) in [7, 11) is 1.34. The van der Waals surface area contributed by atoms with Gasteiger partial charge in [-0.05, 0) is 41.7 Å². The van der Waals surface area contributed by atoms with E-state index in [1.807, 2.05) is 36.4 Å². The summed E-state index contributed by atoms with van der Waals surface area (Å²) in [4.78, 5) is 35.3. The summed E-state index contributed by atoms with van der Waals surface area (Å²) in [5, 5.41) is 0. The molecule has 3 aromatic rings. The monoisotopic (exact) mass is 433 g/mol. The van der Waals surface area contributed by atoms with Crippen molar-refractivity contribution in [3.8, 4) is 0 Å². The maximum absolute atomic E-state index is 13.4. The van der Waals surface area contributed by atoms with E-state index in [0.29, 0.717) is 26.5 Å². The summed E-state index contributed by atoms with van der Waals surface area (Å²) < 4.78 is 7.18. The van der Waals surface area contributed by atoms with Gasteiger partial charge in [0.15, 0.2) is 4.80 Å². The fourth-order valence-corrected chi connectivity index (χ4v) is 4.73. The summed E-state index contributed by atoms with van der Waals surface area (Å²) in [5.41, 5.74) is 3.59. The van der Waals surface area contributed by atoms with Gasteiger partial charge in [-0.1, -0.05) is 55.5 Å². The lowest BCUT2D eigenvalue weighted by Crippen LogP contribution is -2.39. The number of ether oxygens (including phenoxy) is 1. The van der Waals surface area contributed by atoms with E-state index in [4.69, 9.17) is 4.74 Å². The van der Waals surface area contributed by atoms with E-state index in [9.17, 15) is 9.59 Å². The summed E-state index contributed by atoms with van der Waals surface area (Å²) in [6.45, 7) is 6.03. The van der Waals surface area contributed by atoms with Gasteiger partial charge in [-0.3, -0.25) is 14.3 Å². The van der Waals surface area contributed by atoms with Crippen molar-refractivity contribution in [3.05, 3.63) is 96.4 Å². The van der Waals surface area contributed by atoms with Gasteiger partial charge >= 0.3 is 5.97 Å².